The molecule has 1 saturated carbocycles. The molecule has 1 heterocycles. The molecule has 0 spiro atoms. The molecule has 0 saturated heterocycles. The highest BCUT2D eigenvalue weighted by atomic mass is 32.2. The Balaban J connectivity index is 1.54. The van der Waals surface area contributed by atoms with Gasteiger partial charge in [0.1, 0.15) is 17.3 Å². The van der Waals surface area contributed by atoms with Gasteiger partial charge < -0.3 is 9.84 Å². The summed E-state index contributed by atoms with van der Waals surface area (Å²) in [5.41, 5.74) is 4.58. The molecular formula is C26H30N2O3S. The Hall–Kier alpha value is -2.57. The van der Waals surface area contributed by atoms with Crippen LogP contribution in [0.15, 0.2) is 65.7 Å². The van der Waals surface area contributed by atoms with Crippen molar-refractivity contribution in [1.29, 1.82) is 0 Å². The maximum Gasteiger partial charge on any atom is 0.329 e. The lowest BCUT2D eigenvalue weighted by atomic mass is 9.82. The molecule has 1 fully saturated rings. The third-order valence-corrected chi connectivity index (χ3v) is 6.99. The fraction of sp³-hybridized carbons (Fsp3) is 0.385. The van der Waals surface area contributed by atoms with E-state index in [9.17, 15) is 4.79 Å². The van der Waals surface area contributed by atoms with Gasteiger partial charge in [-0.2, -0.15) is 5.10 Å². The molecule has 0 amide bonds. The van der Waals surface area contributed by atoms with Crippen LogP contribution < -0.4 is 0 Å². The lowest BCUT2D eigenvalue weighted by Gasteiger charge is -2.28. The van der Waals surface area contributed by atoms with Crippen LogP contribution in [0, 0.1) is 11.8 Å². The first-order valence-corrected chi connectivity index (χ1v) is 12.4. The van der Waals surface area contributed by atoms with Gasteiger partial charge in [-0.05, 0) is 49.3 Å². The third-order valence-electron chi connectivity index (χ3n) is 6.19. The van der Waals surface area contributed by atoms with Gasteiger partial charge in [0.2, 0.25) is 0 Å². The van der Waals surface area contributed by atoms with Crippen molar-refractivity contribution in [2.24, 2.45) is 11.8 Å². The number of aliphatic carboxylic acids is 1. The molecule has 168 valence electrons. The Morgan fingerprint density at radius 2 is 1.59 bits per heavy atom. The average Bonchev–Trinajstić information content (AvgIpc) is 3.19. The Morgan fingerprint density at radius 1 is 1.00 bits per heavy atom. The molecular weight excluding hydrogens is 420 g/mol. The Kier molecular flexibility index (Phi) is 7.66. The van der Waals surface area contributed by atoms with Crippen molar-refractivity contribution < 1.29 is 14.6 Å². The van der Waals surface area contributed by atoms with Crippen molar-refractivity contribution in [1.82, 2.24) is 9.78 Å². The first-order chi connectivity index (χ1) is 15.7. The fourth-order valence-corrected chi connectivity index (χ4v) is 5.32. The highest BCUT2D eigenvalue weighted by Crippen LogP contribution is 2.40. The first-order valence-electron chi connectivity index (χ1n) is 11.2. The fourth-order valence-electron chi connectivity index (χ4n) is 4.58. The minimum Gasteiger partial charge on any atom is -0.480 e. The zero-order valence-electron chi connectivity index (χ0n) is 18.4. The van der Waals surface area contributed by atoms with E-state index in [-0.39, 0.29) is 6.61 Å². The van der Waals surface area contributed by atoms with E-state index in [1.54, 1.807) is 11.8 Å². The zero-order chi connectivity index (χ0) is 22.3. The van der Waals surface area contributed by atoms with Crippen LogP contribution in [0.2, 0.25) is 0 Å². The molecule has 0 atom stereocenters. The topological polar surface area (TPSA) is 64.4 Å². The maximum atomic E-state index is 10.7. The normalized spacial score (nSPS) is 18.5. The molecule has 1 aliphatic rings. The molecule has 1 aliphatic carbocycles. The number of hydrogen-bond donors (Lipinski definition) is 1. The van der Waals surface area contributed by atoms with Crippen LogP contribution in [0.3, 0.4) is 0 Å². The second-order valence-corrected chi connectivity index (χ2v) is 9.24. The molecule has 6 heteroatoms. The number of aromatic nitrogens is 2. The number of hydrogen-bond acceptors (Lipinski definition) is 4. The number of carboxylic acids is 1. The molecule has 4 rings (SSSR count). The quantitative estimate of drug-likeness (QED) is 0.415. The minimum absolute atomic E-state index is 0.200. The van der Waals surface area contributed by atoms with E-state index in [4.69, 9.17) is 14.9 Å². The van der Waals surface area contributed by atoms with Crippen LogP contribution in [-0.4, -0.2) is 40.3 Å². The van der Waals surface area contributed by atoms with Crippen LogP contribution in [0.1, 0.15) is 25.7 Å². The molecule has 0 radical (unpaired) electrons. The smallest absolute Gasteiger partial charge is 0.329 e. The summed E-state index contributed by atoms with van der Waals surface area (Å²) < 4.78 is 7.53. The molecule has 0 unspecified atom stereocenters. The standard InChI is InChI=1S/C26H30N2O3S/c1-32-26-24(21-8-4-2-5-9-21)25(22-10-6-3-7-11-22)27-28(26)16-19-12-14-20(15-13-19)17-31-18-23(29)30/h2-11,19-20H,12-18H2,1H3,(H,29,30)/t19-,20-. The van der Waals surface area contributed by atoms with Gasteiger partial charge in [-0.3, -0.25) is 4.68 Å². The molecule has 3 aromatic rings. The van der Waals surface area contributed by atoms with Crippen molar-refractivity contribution >= 4 is 17.7 Å². The number of thioether (sulfide) groups is 1. The molecule has 5 nitrogen and oxygen atoms in total. The highest BCUT2D eigenvalue weighted by molar-refractivity contribution is 7.98. The van der Waals surface area contributed by atoms with Gasteiger partial charge in [-0.1, -0.05) is 60.7 Å². The summed E-state index contributed by atoms with van der Waals surface area (Å²) in [5.74, 6) is 0.136. The lowest BCUT2D eigenvalue weighted by Crippen LogP contribution is -2.23. The summed E-state index contributed by atoms with van der Waals surface area (Å²) in [7, 11) is 0. The largest absolute Gasteiger partial charge is 0.480 e. The van der Waals surface area contributed by atoms with E-state index < -0.39 is 5.97 Å². The van der Waals surface area contributed by atoms with Crippen LogP contribution in [0.4, 0.5) is 0 Å². The molecule has 1 aromatic heterocycles. The number of rotatable bonds is 9. The summed E-state index contributed by atoms with van der Waals surface area (Å²) in [4.78, 5) is 10.7. The predicted molar refractivity (Wildman–Crippen MR) is 129 cm³/mol. The van der Waals surface area contributed by atoms with Gasteiger partial charge in [0.25, 0.3) is 0 Å². The van der Waals surface area contributed by atoms with Gasteiger partial charge >= 0.3 is 5.97 Å². The van der Waals surface area contributed by atoms with E-state index in [0.29, 0.717) is 18.4 Å². The maximum absolute atomic E-state index is 10.7. The monoisotopic (exact) mass is 450 g/mol. The van der Waals surface area contributed by atoms with Crippen LogP contribution >= 0.6 is 11.8 Å². The van der Waals surface area contributed by atoms with E-state index >= 15 is 0 Å². The number of nitrogens with zero attached hydrogens (tertiary/aromatic N) is 2. The highest BCUT2D eigenvalue weighted by Gasteiger charge is 2.25. The van der Waals surface area contributed by atoms with E-state index in [1.165, 1.54) is 16.2 Å². The van der Waals surface area contributed by atoms with E-state index in [2.05, 4.69) is 59.5 Å². The van der Waals surface area contributed by atoms with Gasteiger partial charge in [-0.15, -0.1) is 11.8 Å². The molecule has 2 aromatic carbocycles. The Labute approximate surface area is 193 Å². The summed E-state index contributed by atoms with van der Waals surface area (Å²) in [6, 6.07) is 21.0. The summed E-state index contributed by atoms with van der Waals surface area (Å²) in [6.45, 7) is 1.26. The second kappa shape index (κ2) is 10.8. The minimum atomic E-state index is -0.898. The number of ether oxygens (including phenoxy) is 1. The number of benzene rings is 2. The van der Waals surface area contributed by atoms with E-state index in [0.717, 1.165) is 43.5 Å². The van der Waals surface area contributed by atoms with Crippen molar-refractivity contribution in [2.75, 3.05) is 19.5 Å². The predicted octanol–water partition coefficient (Wildman–Crippen LogP) is 5.85. The van der Waals surface area contributed by atoms with Crippen molar-refractivity contribution in [3.05, 3.63) is 60.7 Å². The lowest BCUT2D eigenvalue weighted by molar-refractivity contribution is -0.142. The summed E-state index contributed by atoms with van der Waals surface area (Å²) in [5, 5.41) is 15.1. The van der Waals surface area contributed by atoms with Crippen LogP contribution in [-0.2, 0) is 16.1 Å². The van der Waals surface area contributed by atoms with Crippen molar-refractivity contribution in [3.8, 4) is 22.4 Å². The molecule has 32 heavy (non-hydrogen) atoms. The number of carbonyl (C=O) groups is 1. The Bertz CT molecular complexity index is 1010. The SMILES string of the molecule is CSc1c(-c2ccccc2)c(-c2ccccc2)nn1C[C@H]1CC[C@H](COCC(=O)O)CC1. The Morgan fingerprint density at radius 3 is 2.19 bits per heavy atom. The summed E-state index contributed by atoms with van der Waals surface area (Å²) in [6.07, 6.45) is 6.53. The molecule has 0 aliphatic heterocycles. The second-order valence-electron chi connectivity index (χ2n) is 8.44. The van der Waals surface area contributed by atoms with Gasteiger partial charge in [0, 0.05) is 17.7 Å². The van der Waals surface area contributed by atoms with Crippen molar-refractivity contribution in [2.45, 2.75) is 37.3 Å². The van der Waals surface area contributed by atoms with E-state index in [1.807, 2.05) is 12.1 Å². The third kappa shape index (κ3) is 5.43. The van der Waals surface area contributed by atoms with Gasteiger partial charge in [0.15, 0.2) is 0 Å². The summed E-state index contributed by atoms with van der Waals surface area (Å²) >= 11 is 1.76. The average molecular weight is 451 g/mol. The van der Waals surface area contributed by atoms with Crippen LogP contribution in [0.5, 0.6) is 0 Å². The zero-order valence-corrected chi connectivity index (χ0v) is 19.3. The molecule has 1 N–H and O–H groups in total. The van der Waals surface area contributed by atoms with Gasteiger partial charge in [0.05, 0.1) is 6.61 Å². The van der Waals surface area contributed by atoms with Crippen molar-refractivity contribution in [3.63, 3.8) is 0 Å². The van der Waals surface area contributed by atoms with Crippen LogP contribution in [0.25, 0.3) is 22.4 Å². The number of carboxylic acid groups (broad SMARTS) is 1. The first kappa shape index (κ1) is 22.6. The van der Waals surface area contributed by atoms with Gasteiger partial charge in [-0.25, -0.2) is 4.79 Å². The molecule has 0 bridgehead atoms.